The summed E-state index contributed by atoms with van der Waals surface area (Å²) in [6, 6.07) is 3.19. The smallest absolute Gasteiger partial charge is 0.231 e. The summed E-state index contributed by atoms with van der Waals surface area (Å²) in [7, 11) is 4.46. The van der Waals surface area contributed by atoms with Crippen LogP contribution in [0.25, 0.3) is 0 Å². The summed E-state index contributed by atoms with van der Waals surface area (Å²) in [5.74, 6) is 0.709. The SMILES string of the molecule is COc1cc(NC(=O)CC(C)=O)cc(OC)c1OC. The van der Waals surface area contributed by atoms with Gasteiger partial charge in [-0.2, -0.15) is 0 Å². The van der Waals surface area contributed by atoms with Crippen molar-refractivity contribution in [2.24, 2.45) is 0 Å². The summed E-state index contributed by atoms with van der Waals surface area (Å²) in [6.07, 6.45) is -0.170. The van der Waals surface area contributed by atoms with Gasteiger partial charge in [-0.25, -0.2) is 0 Å². The average Bonchev–Trinajstić information content (AvgIpc) is 2.36. The molecule has 0 aliphatic rings. The molecule has 0 aliphatic carbocycles. The number of benzene rings is 1. The van der Waals surface area contributed by atoms with E-state index in [0.717, 1.165) is 0 Å². The van der Waals surface area contributed by atoms with Crippen molar-refractivity contribution in [2.45, 2.75) is 13.3 Å². The van der Waals surface area contributed by atoms with Crippen LogP contribution in [-0.2, 0) is 9.59 Å². The molecule has 0 bridgehead atoms. The fourth-order valence-corrected chi connectivity index (χ4v) is 1.58. The Balaban J connectivity index is 3.02. The highest BCUT2D eigenvalue weighted by Gasteiger charge is 2.14. The van der Waals surface area contributed by atoms with E-state index in [1.165, 1.54) is 28.3 Å². The standard InChI is InChI=1S/C13H17NO5/c1-8(15)5-12(16)14-9-6-10(17-2)13(19-4)11(7-9)18-3/h6-7H,5H2,1-4H3,(H,14,16). The lowest BCUT2D eigenvalue weighted by atomic mass is 10.2. The third-order valence-electron chi connectivity index (χ3n) is 2.36. The number of anilines is 1. The van der Waals surface area contributed by atoms with Crippen molar-refractivity contribution in [3.05, 3.63) is 12.1 Å². The van der Waals surface area contributed by atoms with Crippen LogP contribution in [0.4, 0.5) is 5.69 Å². The van der Waals surface area contributed by atoms with Crippen LogP contribution in [0.3, 0.4) is 0 Å². The van der Waals surface area contributed by atoms with Gasteiger partial charge in [-0.1, -0.05) is 0 Å². The van der Waals surface area contributed by atoms with E-state index in [9.17, 15) is 9.59 Å². The number of ketones is 1. The number of carbonyl (C=O) groups is 2. The van der Waals surface area contributed by atoms with Gasteiger partial charge in [0.2, 0.25) is 11.7 Å². The number of hydrogen-bond donors (Lipinski definition) is 1. The minimum absolute atomic E-state index is 0.170. The molecule has 1 amide bonds. The lowest BCUT2D eigenvalue weighted by Crippen LogP contribution is -2.14. The topological polar surface area (TPSA) is 73.9 Å². The molecule has 0 spiro atoms. The Morgan fingerprint density at radius 2 is 1.58 bits per heavy atom. The highest BCUT2D eigenvalue weighted by atomic mass is 16.5. The molecule has 1 N–H and O–H groups in total. The maximum atomic E-state index is 11.5. The van der Waals surface area contributed by atoms with Crippen molar-refractivity contribution in [2.75, 3.05) is 26.6 Å². The molecule has 0 heterocycles. The molecule has 0 saturated carbocycles. The van der Waals surface area contributed by atoms with Gasteiger partial charge in [-0.3, -0.25) is 9.59 Å². The van der Waals surface area contributed by atoms with Gasteiger partial charge in [0, 0.05) is 17.8 Å². The lowest BCUT2D eigenvalue weighted by Gasteiger charge is -2.14. The molecule has 0 atom stereocenters. The molecular formula is C13H17NO5. The first kappa shape index (κ1) is 14.8. The first-order valence-corrected chi connectivity index (χ1v) is 5.61. The van der Waals surface area contributed by atoms with E-state index >= 15 is 0 Å². The number of carbonyl (C=O) groups excluding carboxylic acids is 2. The zero-order chi connectivity index (χ0) is 14.4. The minimum atomic E-state index is -0.387. The number of methoxy groups -OCH3 is 3. The van der Waals surface area contributed by atoms with E-state index in [0.29, 0.717) is 22.9 Å². The second kappa shape index (κ2) is 6.63. The lowest BCUT2D eigenvalue weighted by molar-refractivity contribution is -0.124. The van der Waals surface area contributed by atoms with Gasteiger partial charge in [0.05, 0.1) is 27.8 Å². The molecule has 19 heavy (non-hydrogen) atoms. The number of Topliss-reactive ketones (excluding diaryl/α,β-unsaturated/α-hetero) is 1. The molecule has 0 aliphatic heterocycles. The molecule has 6 heteroatoms. The third-order valence-corrected chi connectivity index (χ3v) is 2.36. The number of nitrogens with one attached hydrogen (secondary N) is 1. The van der Waals surface area contributed by atoms with E-state index in [-0.39, 0.29) is 18.1 Å². The van der Waals surface area contributed by atoms with Gasteiger partial charge in [-0.05, 0) is 6.92 Å². The summed E-state index contributed by atoms with van der Waals surface area (Å²) in [5, 5.41) is 2.60. The Labute approximate surface area is 111 Å². The van der Waals surface area contributed by atoms with Crippen LogP contribution < -0.4 is 19.5 Å². The molecule has 6 nitrogen and oxygen atoms in total. The monoisotopic (exact) mass is 267 g/mol. The Kier molecular flexibility index (Phi) is 5.17. The highest BCUT2D eigenvalue weighted by molar-refractivity contribution is 6.03. The fraction of sp³-hybridized carbons (Fsp3) is 0.385. The van der Waals surface area contributed by atoms with Crippen molar-refractivity contribution < 1.29 is 23.8 Å². The molecule has 0 radical (unpaired) electrons. The molecule has 1 aromatic carbocycles. The number of amides is 1. The number of ether oxygens (including phenoxy) is 3. The first-order chi connectivity index (χ1) is 9.01. The molecule has 0 fully saturated rings. The maximum Gasteiger partial charge on any atom is 0.231 e. The van der Waals surface area contributed by atoms with Gasteiger partial charge >= 0.3 is 0 Å². The quantitative estimate of drug-likeness (QED) is 0.793. The van der Waals surface area contributed by atoms with Crippen LogP contribution in [0.15, 0.2) is 12.1 Å². The van der Waals surface area contributed by atoms with E-state index < -0.39 is 0 Å². The van der Waals surface area contributed by atoms with Gasteiger partial charge in [0.15, 0.2) is 11.5 Å². The Bertz CT molecular complexity index is 459. The summed E-state index contributed by atoms with van der Waals surface area (Å²) in [5.41, 5.74) is 0.473. The second-order valence-corrected chi connectivity index (χ2v) is 3.84. The maximum absolute atomic E-state index is 11.5. The molecule has 0 aromatic heterocycles. The largest absolute Gasteiger partial charge is 0.493 e. The summed E-state index contributed by atoms with van der Waals surface area (Å²) in [6.45, 7) is 1.36. The Hall–Kier alpha value is -2.24. The van der Waals surface area contributed by atoms with E-state index in [1.807, 2.05) is 0 Å². The Morgan fingerprint density at radius 1 is 1.05 bits per heavy atom. The molecular weight excluding hydrogens is 250 g/mol. The van der Waals surface area contributed by atoms with Crippen molar-refractivity contribution in [3.8, 4) is 17.2 Å². The third kappa shape index (κ3) is 3.87. The Morgan fingerprint density at radius 3 is 1.95 bits per heavy atom. The highest BCUT2D eigenvalue weighted by Crippen LogP contribution is 2.39. The zero-order valence-corrected chi connectivity index (χ0v) is 11.4. The molecule has 1 rings (SSSR count). The number of hydrogen-bond acceptors (Lipinski definition) is 5. The molecule has 0 unspecified atom stereocenters. The summed E-state index contributed by atoms with van der Waals surface area (Å²) in [4.78, 5) is 22.4. The van der Waals surface area contributed by atoms with Gasteiger partial charge in [0.25, 0.3) is 0 Å². The molecule has 1 aromatic rings. The number of rotatable bonds is 6. The van der Waals surface area contributed by atoms with Crippen LogP contribution in [0.1, 0.15) is 13.3 Å². The second-order valence-electron chi connectivity index (χ2n) is 3.84. The molecule has 0 saturated heterocycles. The van der Waals surface area contributed by atoms with Crippen molar-refractivity contribution >= 4 is 17.4 Å². The van der Waals surface area contributed by atoms with Crippen LogP contribution in [0.2, 0.25) is 0 Å². The minimum Gasteiger partial charge on any atom is -0.493 e. The normalized spacial score (nSPS) is 9.68. The summed E-state index contributed by atoms with van der Waals surface area (Å²) < 4.78 is 15.5. The first-order valence-electron chi connectivity index (χ1n) is 5.61. The predicted octanol–water partition coefficient (Wildman–Crippen LogP) is 1.63. The van der Waals surface area contributed by atoms with Crippen molar-refractivity contribution in [1.29, 1.82) is 0 Å². The van der Waals surface area contributed by atoms with Crippen LogP contribution in [-0.4, -0.2) is 33.0 Å². The van der Waals surface area contributed by atoms with Crippen molar-refractivity contribution in [1.82, 2.24) is 0 Å². The molecule has 104 valence electrons. The van der Waals surface area contributed by atoms with Gasteiger partial charge in [-0.15, -0.1) is 0 Å². The van der Waals surface area contributed by atoms with Crippen molar-refractivity contribution in [3.63, 3.8) is 0 Å². The van der Waals surface area contributed by atoms with Crippen LogP contribution >= 0.6 is 0 Å². The van der Waals surface area contributed by atoms with Gasteiger partial charge in [0.1, 0.15) is 5.78 Å². The van der Waals surface area contributed by atoms with Crippen LogP contribution in [0.5, 0.6) is 17.2 Å². The van der Waals surface area contributed by atoms with E-state index in [1.54, 1.807) is 12.1 Å². The van der Waals surface area contributed by atoms with Gasteiger partial charge < -0.3 is 19.5 Å². The van der Waals surface area contributed by atoms with Crippen LogP contribution in [0, 0.1) is 0 Å². The fourth-order valence-electron chi connectivity index (χ4n) is 1.58. The predicted molar refractivity (Wildman–Crippen MR) is 70.0 cm³/mol. The van der Waals surface area contributed by atoms with E-state index in [2.05, 4.69) is 5.32 Å². The average molecular weight is 267 g/mol. The zero-order valence-electron chi connectivity index (χ0n) is 11.4. The van der Waals surface area contributed by atoms with E-state index in [4.69, 9.17) is 14.2 Å². The summed E-state index contributed by atoms with van der Waals surface area (Å²) >= 11 is 0.